The molecule has 0 saturated heterocycles. The minimum Gasteiger partial charge on any atom is -0.462 e. The first-order chi connectivity index (χ1) is 13.9. The first-order valence-corrected chi connectivity index (χ1v) is 11.0. The maximum Gasteiger partial charge on any atom is 0.341 e. The van der Waals surface area contributed by atoms with Crippen LogP contribution in [0.5, 0.6) is 0 Å². The van der Waals surface area contributed by atoms with E-state index in [1.807, 2.05) is 26.1 Å². The topological polar surface area (TPSA) is 102 Å². The number of anilines is 1. The fraction of sp³-hybridized carbons (Fsp3) is 0.650. The second-order valence-corrected chi connectivity index (χ2v) is 7.36. The van der Waals surface area contributed by atoms with E-state index >= 15 is 0 Å². The summed E-state index contributed by atoms with van der Waals surface area (Å²) in [7, 11) is 0. The van der Waals surface area contributed by atoms with Crippen molar-refractivity contribution in [3.8, 4) is 0 Å². The third kappa shape index (κ3) is 7.41. The van der Waals surface area contributed by atoms with Crippen LogP contribution in [0.4, 0.5) is 5.00 Å². The SMILES string of the molecule is CCOCCC[NH2+]CC(=O)Nc1sc(C(=O)N(CC)CC)c(C)c1C(=O)OCC. The monoisotopic (exact) mass is 428 g/mol. The molecule has 0 aromatic carbocycles. The third-order valence-corrected chi connectivity index (χ3v) is 5.55. The van der Waals surface area contributed by atoms with Crippen LogP contribution in [0.1, 0.15) is 59.7 Å². The van der Waals surface area contributed by atoms with Crippen molar-refractivity contribution in [2.24, 2.45) is 0 Å². The Hall–Kier alpha value is -1.97. The summed E-state index contributed by atoms with van der Waals surface area (Å²) in [5, 5.41) is 5.04. The summed E-state index contributed by atoms with van der Waals surface area (Å²) < 4.78 is 10.4. The van der Waals surface area contributed by atoms with Gasteiger partial charge in [-0.15, -0.1) is 11.3 Å². The lowest BCUT2D eigenvalue weighted by molar-refractivity contribution is -0.644. The van der Waals surface area contributed by atoms with Crippen LogP contribution in [0.2, 0.25) is 0 Å². The molecule has 0 aliphatic rings. The summed E-state index contributed by atoms with van der Waals surface area (Å²) in [6.45, 7) is 12.9. The molecule has 2 amide bonds. The van der Waals surface area contributed by atoms with Gasteiger partial charge in [0.1, 0.15) is 5.00 Å². The molecule has 0 fully saturated rings. The molecule has 1 aromatic rings. The number of nitrogens with zero attached hydrogens (tertiary/aromatic N) is 1. The summed E-state index contributed by atoms with van der Waals surface area (Å²) in [6.07, 6.45) is 0.857. The fourth-order valence-corrected chi connectivity index (χ4v) is 3.97. The molecule has 9 heteroatoms. The van der Waals surface area contributed by atoms with Crippen molar-refractivity contribution in [3.05, 3.63) is 16.0 Å². The molecule has 164 valence electrons. The summed E-state index contributed by atoms with van der Waals surface area (Å²) in [5.41, 5.74) is 0.804. The Morgan fingerprint density at radius 1 is 1.10 bits per heavy atom. The van der Waals surface area contributed by atoms with E-state index in [1.165, 1.54) is 0 Å². The second-order valence-electron chi connectivity index (χ2n) is 6.34. The zero-order valence-electron chi connectivity index (χ0n) is 18.1. The molecule has 0 aliphatic carbocycles. The van der Waals surface area contributed by atoms with Gasteiger partial charge in [-0.2, -0.15) is 0 Å². The summed E-state index contributed by atoms with van der Waals surface area (Å²) in [5.74, 6) is -0.906. The Morgan fingerprint density at radius 3 is 2.38 bits per heavy atom. The van der Waals surface area contributed by atoms with Gasteiger partial charge >= 0.3 is 5.97 Å². The lowest BCUT2D eigenvalue weighted by atomic mass is 10.1. The van der Waals surface area contributed by atoms with Gasteiger partial charge in [0.2, 0.25) is 0 Å². The summed E-state index contributed by atoms with van der Waals surface area (Å²) >= 11 is 1.13. The van der Waals surface area contributed by atoms with Gasteiger partial charge in [-0.3, -0.25) is 9.59 Å². The first kappa shape index (κ1) is 25.1. The van der Waals surface area contributed by atoms with Crippen LogP contribution in [0.3, 0.4) is 0 Å². The molecule has 0 aliphatic heterocycles. The molecule has 0 unspecified atom stereocenters. The molecule has 0 bridgehead atoms. The maximum atomic E-state index is 12.8. The van der Waals surface area contributed by atoms with E-state index < -0.39 is 5.97 Å². The zero-order chi connectivity index (χ0) is 21.8. The van der Waals surface area contributed by atoms with Crippen LogP contribution < -0.4 is 10.6 Å². The van der Waals surface area contributed by atoms with Gasteiger partial charge in [0.25, 0.3) is 11.8 Å². The highest BCUT2D eigenvalue weighted by Gasteiger charge is 2.28. The van der Waals surface area contributed by atoms with Crippen LogP contribution >= 0.6 is 11.3 Å². The summed E-state index contributed by atoms with van der Waals surface area (Å²) in [6, 6.07) is 0. The van der Waals surface area contributed by atoms with E-state index in [0.29, 0.717) is 41.7 Å². The predicted octanol–water partition coefficient (Wildman–Crippen LogP) is 1.64. The largest absolute Gasteiger partial charge is 0.462 e. The van der Waals surface area contributed by atoms with E-state index in [2.05, 4.69) is 5.32 Å². The molecular weight excluding hydrogens is 394 g/mol. The molecule has 0 radical (unpaired) electrons. The molecule has 1 rings (SSSR count). The number of carbonyl (C=O) groups excluding carboxylic acids is 3. The molecule has 3 N–H and O–H groups in total. The van der Waals surface area contributed by atoms with Crippen LogP contribution in [0.15, 0.2) is 0 Å². The average molecular weight is 429 g/mol. The molecule has 0 saturated carbocycles. The predicted molar refractivity (Wildman–Crippen MR) is 114 cm³/mol. The Labute approximate surface area is 176 Å². The first-order valence-electron chi connectivity index (χ1n) is 10.2. The highest BCUT2D eigenvalue weighted by atomic mass is 32.1. The van der Waals surface area contributed by atoms with Crippen LogP contribution in [0.25, 0.3) is 0 Å². The van der Waals surface area contributed by atoms with Gasteiger partial charge in [0.15, 0.2) is 6.54 Å². The van der Waals surface area contributed by atoms with E-state index in [1.54, 1.807) is 18.7 Å². The van der Waals surface area contributed by atoms with Crippen molar-refractivity contribution < 1.29 is 29.2 Å². The highest BCUT2D eigenvalue weighted by molar-refractivity contribution is 7.18. The number of quaternary nitrogens is 1. The molecular formula is C20H34N3O5S+. The van der Waals surface area contributed by atoms with Crippen molar-refractivity contribution >= 4 is 34.1 Å². The van der Waals surface area contributed by atoms with E-state index in [4.69, 9.17) is 9.47 Å². The smallest absolute Gasteiger partial charge is 0.341 e. The number of carbonyl (C=O) groups is 3. The standard InChI is InChI=1S/C20H33N3O5S/c1-6-23(7-2)19(25)17-14(5)16(20(26)28-9-4)18(29-17)22-15(24)13-21-11-10-12-27-8-3/h21H,6-13H2,1-5H3,(H,22,24)/p+1. The van der Waals surface area contributed by atoms with Crippen molar-refractivity contribution in [1.82, 2.24) is 4.90 Å². The number of amides is 2. The number of esters is 1. The number of rotatable bonds is 13. The van der Waals surface area contributed by atoms with E-state index in [0.717, 1.165) is 24.3 Å². The molecule has 1 heterocycles. The van der Waals surface area contributed by atoms with Gasteiger partial charge in [-0.25, -0.2) is 4.79 Å². The number of nitrogens with one attached hydrogen (secondary N) is 1. The maximum absolute atomic E-state index is 12.8. The lowest BCUT2D eigenvalue weighted by Gasteiger charge is -2.18. The third-order valence-electron chi connectivity index (χ3n) is 4.35. The van der Waals surface area contributed by atoms with Crippen LogP contribution in [-0.2, 0) is 14.3 Å². The molecule has 0 spiro atoms. The van der Waals surface area contributed by atoms with Crippen molar-refractivity contribution in [2.45, 2.75) is 41.0 Å². The van der Waals surface area contributed by atoms with Gasteiger partial charge in [-0.1, -0.05) is 0 Å². The highest BCUT2D eigenvalue weighted by Crippen LogP contribution is 2.34. The van der Waals surface area contributed by atoms with E-state index in [9.17, 15) is 14.4 Å². The Balaban J connectivity index is 2.94. The quantitative estimate of drug-likeness (QED) is 0.367. The van der Waals surface area contributed by atoms with Crippen molar-refractivity contribution in [1.29, 1.82) is 0 Å². The second kappa shape index (κ2) is 13.3. The minimum absolute atomic E-state index is 0.147. The van der Waals surface area contributed by atoms with Crippen LogP contribution in [-0.4, -0.2) is 68.7 Å². The molecule has 29 heavy (non-hydrogen) atoms. The number of thiophene rings is 1. The normalized spacial score (nSPS) is 10.7. The van der Waals surface area contributed by atoms with Crippen molar-refractivity contribution in [3.63, 3.8) is 0 Å². The number of hydrogen-bond donors (Lipinski definition) is 2. The van der Waals surface area contributed by atoms with Gasteiger partial charge in [0.05, 0.1) is 30.2 Å². The van der Waals surface area contributed by atoms with Crippen molar-refractivity contribution in [2.75, 3.05) is 51.3 Å². The number of nitrogens with two attached hydrogens (primary N) is 1. The van der Waals surface area contributed by atoms with Crippen LogP contribution in [0, 0.1) is 6.92 Å². The Kier molecular flexibility index (Phi) is 11.5. The molecule has 8 nitrogen and oxygen atoms in total. The zero-order valence-corrected chi connectivity index (χ0v) is 18.9. The van der Waals surface area contributed by atoms with Gasteiger partial charge in [0, 0.05) is 26.1 Å². The fourth-order valence-electron chi connectivity index (χ4n) is 2.79. The van der Waals surface area contributed by atoms with Gasteiger partial charge in [-0.05, 0) is 40.2 Å². The van der Waals surface area contributed by atoms with E-state index in [-0.39, 0.29) is 30.5 Å². The molecule has 0 atom stereocenters. The molecule has 1 aromatic heterocycles. The Morgan fingerprint density at radius 2 is 1.79 bits per heavy atom. The minimum atomic E-state index is -0.532. The average Bonchev–Trinajstić information content (AvgIpc) is 3.01. The van der Waals surface area contributed by atoms with Gasteiger partial charge < -0.3 is 25.0 Å². The lowest BCUT2D eigenvalue weighted by Crippen LogP contribution is -2.86. The number of ether oxygens (including phenoxy) is 2. The Bertz CT molecular complexity index is 686. The number of hydrogen-bond acceptors (Lipinski definition) is 6. The summed E-state index contributed by atoms with van der Waals surface area (Å²) in [4.78, 5) is 39.8.